The van der Waals surface area contributed by atoms with Crippen LogP contribution in [0.15, 0.2) is 74.3 Å². The molecule has 0 spiro atoms. The number of anilines is 1. The predicted octanol–water partition coefficient (Wildman–Crippen LogP) is 6.41. The third-order valence-corrected chi connectivity index (χ3v) is 6.39. The van der Waals surface area contributed by atoms with Gasteiger partial charge in [-0.1, -0.05) is 45.7 Å². The van der Waals surface area contributed by atoms with E-state index in [1.165, 1.54) is 17.0 Å². The lowest BCUT2D eigenvalue weighted by Gasteiger charge is -2.25. The molecule has 4 nitrogen and oxygen atoms in total. The van der Waals surface area contributed by atoms with Crippen molar-refractivity contribution < 1.29 is 13.6 Å². The molecule has 1 amide bonds. The number of halogens is 3. The van der Waals surface area contributed by atoms with Gasteiger partial charge in [0.1, 0.15) is 11.4 Å². The van der Waals surface area contributed by atoms with Crippen LogP contribution in [-0.4, -0.2) is 5.91 Å². The Bertz CT molecular complexity index is 1430. The Balaban J connectivity index is 1.82. The van der Waals surface area contributed by atoms with Crippen molar-refractivity contribution in [3.63, 3.8) is 0 Å². The lowest BCUT2D eigenvalue weighted by Crippen LogP contribution is -2.29. The number of aryl methyl sites for hydroxylation is 1. The van der Waals surface area contributed by atoms with Crippen LogP contribution in [0.3, 0.4) is 0 Å². The van der Waals surface area contributed by atoms with Crippen molar-refractivity contribution >= 4 is 50.1 Å². The number of hydrogen-bond acceptors (Lipinski definition) is 3. The molecule has 1 aromatic heterocycles. The van der Waals surface area contributed by atoms with Crippen molar-refractivity contribution in [2.75, 3.05) is 4.90 Å². The topological polar surface area (TPSA) is 50.5 Å². The zero-order valence-corrected chi connectivity index (χ0v) is 18.5. The van der Waals surface area contributed by atoms with Crippen molar-refractivity contribution in [2.24, 2.45) is 0 Å². The normalized spacial score (nSPS) is 15.5. The summed E-state index contributed by atoms with van der Waals surface area (Å²) >= 11 is 9.74. The molecular weight excluding hydrogens is 485 g/mol. The number of amides is 1. The van der Waals surface area contributed by atoms with E-state index in [2.05, 4.69) is 15.9 Å². The summed E-state index contributed by atoms with van der Waals surface area (Å²) in [5, 5.41) is 0.597. The predicted molar refractivity (Wildman–Crippen MR) is 121 cm³/mol. The van der Waals surface area contributed by atoms with Gasteiger partial charge in [-0.25, -0.2) is 4.39 Å². The fraction of sp³-hybridized carbons (Fsp3) is 0.0833. The summed E-state index contributed by atoms with van der Waals surface area (Å²) < 4.78 is 20.5. The maximum atomic E-state index is 13.9. The monoisotopic (exact) mass is 497 g/mol. The Morgan fingerprint density at radius 3 is 2.48 bits per heavy atom. The molecule has 154 valence electrons. The number of carbonyl (C=O) groups is 1. The first-order valence-corrected chi connectivity index (χ1v) is 10.6. The molecule has 0 aliphatic carbocycles. The average molecular weight is 499 g/mol. The molecule has 5 rings (SSSR count). The summed E-state index contributed by atoms with van der Waals surface area (Å²) in [6, 6.07) is 15.6. The van der Waals surface area contributed by atoms with Crippen LogP contribution in [0.5, 0.6) is 0 Å². The lowest BCUT2D eigenvalue weighted by molar-refractivity contribution is 0.0971. The summed E-state index contributed by atoms with van der Waals surface area (Å²) in [5.74, 6) is -1.05. The maximum Gasteiger partial charge on any atom is 0.295 e. The van der Waals surface area contributed by atoms with E-state index in [1.807, 2.05) is 37.3 Å². The lowest BCUT2D eigenvalue weighted by atomic mass is 9.98. The van der Waals surface area contributed by atoms with Crippen LogP contribution in [0.25, 0.3) is 11.0 Å². The van der Waals surface area contributed by atoms with Gasteiger partial charge in [0.2, 0.25) is 5.76 Å². The van der Waals surface area contributed by atoms with Crippen molar-refractivity contribution in [1.82, 2.24) is 0 Å². The molecule has 7 heteroatoms. The SMILES string of the molecule is Cc1ccc(N2C(=O)c3oc4ccc(F)cc4c(=O)c3C2c2ccc(Br)cc2)cc1Cl. The van der Waals surface area contributed by atoms with Crippen LogP contribution in [0.4, 0.5) is 10.1 Å². The van der Waals surface area contributed by atoms with Crippen molar-refractivity contribution in [3.8, 4) is 0 Å². The van der Waals surface area contributed by atoms with Gasteiger partial charge in [0.15, 0.2) is 5.43 Å². The highest BCUT2D eigenvalue weighted by Gasteiger charge is 2.43. The number of fused-ring (bicyclic) bond motifs is 2. The largest absolute Gasteiger partial charge is 0.450 e. The van der Waals surface area contributed by atoms with Crippen LogP contribution in [0.1, 0.15) is 33.3 Å². The third-order valence-electron chi connectivity index (χ3n) is 5.45. The summed E-state index contributed by atoms with van der Waals surface area (Å²) in [5.41, 5.74) is 2.03. The zero-order valence-electron chi connectivity index (χ0n) is 16.2. The molecule has 0 bridgehead atoms. The van der Waals surface area contributed by atoms with Gasteiger partial charge in [0, 0.05) is 15.2 Å². The second-order valence-corrected chi connectivity index (χ2v) is 8.70. The molecule has 4 aromatic rings. The molecule has 2 heterocycles. The van der Waals surface area contributed by atoms with E-state index in [0.717, 1.165) is 21.7 Å². The molecule has 1 unspecified atom stereocenters. The van der Waals surface area contributed by atoms with Crippen LogP contribution < -0.4 is 10.3 Å². The summed E-state index contributed by atoms with van der Waals surface area (Å²) in [6.45, 7) is 1.87. The van der Waals surface area contributed by atoms with Crippen LogP contribution >= 0.6 is 27.5 Å². The number of benzene rings is 3. The van der Waals surface area contributed by atoms with Crippen molar-refractivity contribution in [2.45, 2.75) is 13.0 Å². The number of rotatable bonds is 2. The van der Waals surface area contributed by atoms with Gasteiger partial charge < -0.3 is 4.42 Å². The van der Waals surface area contributed by atoms with Gasteiger partial charge in [-0.2, -0.15) is 0 Å². The highest BCUT2D eigenvalue weighted by molar-refractivity contribution is 9.10. The number of nitrogens with zero attached hydrogens (tertiary/aromatic N) is 1. The Morgan fingerprint density at radius 2 is 1.77 bits per heavy atom. The van der Waals surface area contributed by atoms with Gasteiger partial charge in [0.05, 0.1) is 17.0 Å². The van der Waals surface area contributed by atoms with Crippen LogP contribution in [0, 0.1) is 12.7 Å². The van der Waals surface area contributed by atoms with E-state index < -0.39 is 23.2 Å². The molecule has 1 aliphatic heterocycles. The summed E-state index contributed by atoms with van der Waals surface area (Å²) in [4.78, 5) is 28.4. The smallest absolute Gasteiger partial charge is 0.295 e. The zero-order chi connectivity index (χ0) is 21.9. The molecule has 31 heavy (non-hydrogen) atoms. The van der Waals surface area contributed by atoms with Crippen molar-refractivity contribution in [1.29, 1.82) is 0 Å². The fourth-order valence-electron chi connectivity index (χ4n) is 3.90. The first-order chi connectivity index (χ1) is 14.8. The molecule has 0 N–H and O–H groups in total. The van der Waals surface area contributed by atoms with Gasteiger partial charge in [-0.05, 0) is 60.5 Å². The van der Waals surface area contributed by atoms with Crippen molar-refractivity contribution in [3.05, 3.63) is 109 Å². The minimum Gasteiger partial charge on any atom is -0.450 e. The van der Waals surface area contributed by atoms with E-state index in [0.29, 0.717) is 10.7 Å². The standard InChI is InChI=1S/C24H14BrClFNO3/c1-12-2-8-16(11-18(12)26)28-21(13-3-5-14(25)6-4-13)20-22(29)17-10-15(27)7-9-19(17)31-23(20)24(28)30/h2-11,21H,1H3. The second-order valence-electron chi connectivity index (χ2n) is 7.38. The minimum absolute atomic E-state index is 0.0475. The molecule has 0 radical (unpaired) electrons. The molecule has 1 aliphatic rings. The van der Waals surface area contributed by atoms with E-state index in [9.17, 15) is 14.0 Å². The summed E-state index contributed by atoms with van der Waals surface area (Å²) in [7, 11) is 0. The van der Waals surface area contributed by atoms with Crippen LogP contribution in [0.2, 0.25) is 5.02 Å². The first kappa shape index (κ1) is 20.0. The summed E-state index contributed by atoms with van der Waals surface area (Å²) in [6.07, 6.45) is 0. The second kappa shape index (κ2) is 7.32. The Hall–Kier alpha value is -2.96. The minimum atomic E-state index is -0.738. The fourth-order valence-corrected chi connectivity index (χ4v) is 4.34. The average Bonchev–Trinajstić information content (AvgIpc) is 3.04. The van der Waals surface area contributed by atoms with E-state index in [1.54, 1.807) is 12.1 Å². The Morgan fingerprint density at radius 1 is 1.03 bits per heavy atom. The van der Waals surface area contributed by atoms with Crippen LogP contribution in [-0.2, 0) is 0 Å². The molecular formula is C24H14BrClFNO3. The molecule has 0 saturated carbocycles. The van der Waals surface area contributed by atoms with E-state index >= 15 is 0 Å². The van der Waals surface area contributed by atoms with Gasteiger partial charge >= 0.3 is 0 Å². The highest BCUT2D eigenvalue weighted by atomic mass is 79.9. The molecule has 0 fully saturated rings. The Labute approximate surface area is 190 Å². The van der Waals surface area contributed by atoms with Gasteiger partial charge in [0.25, 0.3) is 5.91 Å². The first-order valence-electron chi connectivity index (χ1n) is 9.46. The third kappa shape index (κ3) is 3.18. The molecule has 0 saturated heterocycles. The quantitative estimate of drug-likeness (QED) is 0.321. The maximum absolute atomic E-state index is 13.9. The van der Waals surface area contributed by atoms with Gasteiger partial charge in [-0.3, -0.25) is 14.5 Å². The molecule has 3 aromatic carbocycles. The highest BCUT2D eigenvalue weighted by Crippen LogP contribution is 2.42. The van der Waals surface area contributed by atoms with Gasteiger partial charge in [-0.15, -0.1) is 0 Å². The number of carbonyl (C=O) groups excluding carboxylic acids is 1. The van der Waals surface area contributed by atoms with E-state index in [-0.39, 0.29) is 22.3 Å². The van der Waals surface area contributed by atoms with E-state index in [4.69, 9.17) is 16.0 Å². The molecule has 1 atom stereocenters. The number of hydrogen-bond donors (Lipinski definition) is 0. The Kier molecular flexibility index (Phi) is 4.72.